The smallest absolute Gasteiger partial charge is 0.458 e. The average Bonchev–Trinajstić information content (AvgIpc) is 3.05. The third-order valence-corrected chi connectivity index (χ3v) is 8.46. The quantitative estimate of drug-likeness (QED) is 0.548. The van der Waals surface area contributed by atoms with Gasteiger partial charge in [-0.2, -0.15) is 0 Å². The number of hydrogen-bond acceptors (Lipinski definition) is 7. The highest BCUT2D eigenvalue weighted by molar-refractivity contribution is 6.45. The zero-order valence-corrected chi connectivity index (χ0v) is 19.9. The summed E-state index contributed by atoms with van der Waals surface area (Å²) >= 11 is 0. The Hall–Kier alpha value is -1.77. The monoisotopic (exact) mass is 443 g/mol. The van der Waals surface area contributed by atoms with Crippen molar-refractivity contribution in [3.8, 4) is 11.5 Å². The molecule has 2 N–H and O–H groups in total. The molecule has 1 aromatic rings. The van der Waals surface area contributed by atoms with Gasteiger partial charge in [0, 0.05) is 13.8 Å². The second-order valence-electron chi connectivity index (χ2n) is 11.0. The van der Waals surface area contributed by atoms with Crippen LogP contribution >= 0.6 is 0 Å². The van der Waals surface area contributed by atoms with Gasteiger partial charge in [0.1, 0.15) is 17.1 Å². The number of esters is 1. The van der Waals surface area contributed by atoms with Crippen LogP contribution in [0.1, 0.15) is 69.3 Å². The van der Waals surface area contributed by atoms with Crippen LogP contribution in [0.3, 0.4) is 0 Å². The highest BCUT2D eigenvalue weighted by Gasteiger charge is 2.67. The standard InChI is InChI=1S/C24H34BNO6/c1-22(2)14-9-17(22)24(5)18(10-14)31-25(32-24)11-13(12-26)15-7-8-16(28-6)19-20(15)29-23(3,4)30-21(19)27/h7-8,13-14,17-18H,9-12,26H2,1-6H3/t13?,14?,17?,18?,24-/m0/s1. The minimum absolute atomic E-state index is 0.104. The number of rotatable bonds is 5. The van der Waals surface area contributed by atoms with E-state index < -0.39 is 11.8 Å². The molecular weight excluding hydrogens is 409 g/mol. The SMILES string of the molecule is COc1ccc(C(CN)CB2OC3CC4CC(C4(C)C)[C@]3(C)O2)c2c1C(=O)OC(C)(C)O2. The maximum absolute atomic E-state index is 12.7. The lowest BCUT2D eigenvalue weighted by Crippen LogP contribution is -2.65. The van der Waals surface area contributed by atoms with Crippen molar-refractivity contribution in [1.82, 2.24) is 0 Å². The summed E-state index contributed by atoms with van der Waals surface area (Å²) in [5.74, 6) is 0.480. The summed E-state index contributed by atoms with van der Waals surface area (Å²) < 4.78 is 30.0. The molecule has 0 amide bonds. The average molecular weight is 443 g/mol. The Bertz CT molecular complexity index is 949. The molecule has 32 heavy (non-hydrogen) atoms. The molecule has 0 spiro atoms. The largest absolute Gasteiger partial charge is 0.496 e. The first-order valence-electron chi connectivity index (χ1n) is 11.7. The molecule has 4 fully saturated rings. The van der Waals surface area contributed by atoms with Crippen molar-refractivity contribution in [2.75, 3.05) is 13.7 Å². The van der Waals surface area contributed by atoms with Crippen molar-refractivity contribution < 1.29 is 28.3 Å². The summed E-state index contributed by atoms with van der Waals surface area (Å²) in [6.45, 7) is 10.7. The fraction of sp³-hybridized carbons (Fsp3) is 0.708. The van der Waals surface area contributed by atoms with Gasteiger partial charge in [0.15, 0.2) is 0 Å². The van der Waals surface area contributed by atoms with Crippen LogP contribution in [0.4, 0.5) is 0 Å². The molecule has 3 saturated carbocycles. The van der Waals surface area contributed by atoms with Crippen molar-refractivity contribution in [3.63, 3.8) is 0 Å². The van der Waals surface area contributed by atoms with Crippen molar-refractivity contribution in [1.29, 1.82) is 0 Å². The topological polar surface area (TPSA) is 89.2 Å². The molecule has 2 bridgehead atoms. The molecular formula is C24H34BNO6. The highest BCUT2D eigenvalue weighted by atomic mass is 16.7. The second-order valence-corrected chi connectivity index (χ2v) is 11.0. The number of carbonyl (C=O) groups is 1. The van der Waals surface area contributed by atoms with Crippen LogP contribution < -0.4 is 15.2 Å². The van der Waals surface area contributed by atoms with E-state index in [2.05, 4.69) is 20.8 Å². The molecule has 4 unspecified atom stereocenters. The molecule has 5 aliphatic rings. The van der Waals surface area contributed by atoms with Gasteiger partial charge in [-0.1, -0.05) is 19.9 Å². The summed E-state index contributed by atoms with van der Waals surface area (Å²) in [7, 11) is 1.19. The number of cyclic esters (lactones) is 1. The third kappa shape index (κ3) is 3.10. The van der Waals surface area contributed by atoms with E-state index in [9.17, 15) is 4.79 Å². The Balaban J connectivity index is 1.42. The Labute approximate surface area is 190 Å². The van der Waals surface area contributed by atoms with Crippen LogP contribution in [0.15, 0.2) is 12.1 Å². The number of methoxy groups -OCH3 is 1. The normalized spacial score (nSPS) is 34.5. The fourth-order valence-electron chi connectivity index (χ4n) is 6.55. The highest BCUT2D eigenvalue weighted by Crippen LogP contribution is 2.66. The summed E-state index contributed by atoms with van der Waals surface area (Å²) in [5, 5.41) is 0. The lowest BCUT2D eigenvalue weighted by atomic mass is 9.43. The minimum atomic E-state index is -1.07. The van der Waals surface area contributed by atoms with Gasteiger partial charge >= 0.3 is 13.1 Å². The summed E-state index contributed by atoms with van der Waals surface area (Å²) in [4.78, 5) is 12.7. The first-order valence-corrected chi connectivity index (χ1v) is 11.7. The fourth-order valence-corrected chi connectivity index (χ4v) is 6.55. The predicted octanol–water partition coefficient (Wildman–Crippen LogP) is 3.75. The van der Waals surface area contributed by atoms with E-state index in [0.29, 0.717) is 47.2 Å². The summed E-state index contributed by atoms with van der Waals surface area (Å²) in [5.41, 5.74) is 7.43. The van der Waals surface area contributed by atoms with Gasteiger partial charge in [-0.15, -0.1) is 0 Å². The number of hydrogen-bond donors (Lipinski definition) is 1. The van der Waals surface area contributed by atoms with E-state index in [-0.39, 0.29) is 24.7 Å². The summed E-state index contributed by atoms with van der Waals surface area (Å²) in [6, 6.07) is 3.70. The Morgan fingerprint density at radius 1 is 1.19 bits per heavy atom. The molecule has 3 aliphatic carbocycles. The molecule has 7 nitrogen and oxygen atoms in total. The van der Waals surface area contributed by atoms with Gasteiger partial charge in [0.25, 0.3) is 0 Å². The van der Waals surface area contributed by atoms with Crippen LogP contribution in [-0.2, 0) is 14.0 Å². The molecule has 1 aromatic carbocycles. The van der Waals surface area contributed by atoms with Gasteiger partial charge < -0.3 is 29.3 Å². The molecule has 0 aromatic heterocycles. The van der Waals surface area contributed by atoms with E-state index >= 15 is 0 Å². The lowest BCUT2D eigenvalue weighted by Gasteiger charge is -2.64. The van der Waals surface area contributed by atoms with Crippen LogP contribution in [0.5, 0.6) is 11.5 Å². The van der Waals surface area contributed by atoms with E-state index in [0.717, 1.165) is 12.0 Å². The molecule has 2 aliphatic heterocycles. The minimum Gasteiger partial charge on any atom is -0.496 e. The van der Waals surface area contributed by atoms with E-state index in [1.807, 2.05) is 6.07 Å². The van der Waals surface area contributed by atoms with Crippen LogP contribution in [0.2, 0.25) is 6.32 Å². The van der Waals surface area contributed by atoms with Gasteiger partial charge in [-0.3, -0.25) is 0 Å². The Kier molecular flexibility index (Phi) is 4.90. The maximum atomic E-state index is 12.7. The van der Waals surface area contributed by atoms with Gasteiger partial charge in [-0.05, 0) is 67.4 Å². The number of fused-ring (bicyclic) bond motifs is 1. The molecule has 174 valence electrons. The van der Waals surface area contributed by atoms with E-state index in [4.69, 9.17) is 29.3 Å². The van der Waals surface area contributed by atoms with Crippen LogP contribution in [-0.4, -0.2) is 44.2 Å². The van der Waals surface area contributed by atoms with Crippen LogP contribution in [0.25, 0.3) is 0 Å². The molecule has 2 heterocycles. The molecule has 1 saturated heterocycles. The molecule has 5 atom stereocenters. The first-order chi connectivity index (χ1) is 15.0. The molecule has 6 rings (SSSR count). The van der Waals surface area contributed by atoms with Crippen molar-refractivity contribution in [2.24, 2.45) is 23.0 Å². The number of benzene rings is 1. The van der Waals surface area contributed by atoms with E-state index in [1.54, 1.807) is 19.9 Å². The Morgan fingerprint density at radius 3 is 2.59 bits per heavy atom. The second kappa shape index (κ2) is 7.11. The zero-order valence-electron chi connectivity index (χ0n) is 19.9. The number of carbonyl (C=O) groups excluding carboxylic acids is 1. The van der Waals surface area contributed by atoms with Crippen molar-refractivity contribution in [2.45, 2.75) is 77.2 Å². The van der Waals surface area contributed by atoms with Gasteiger partial charge in [0.2, 0.25) is 5.79 Å². The number of nitrogens with two attached hydrogens (primary N) is 1. The molecule has 8 heteroatoms. The zero-order chi connectivity index (χ0) is 23.1. The van der Waals surface area contributed by atoms with Gasteiger partial charge in [-0.25, -0.2) is 4.79 Å². The number of ether oxygens (including phenoxy) is 3. The first kappa shape index (κ1) is 22.0. The van der Waals surface area contributed by atoms with Crippen molar-refractivity contribution >= 4 is 13.1 Å². The lowest BCUT2D eigenvalue weighted by molar-refractivity contribution is -0.199. The summed E-state index contributed by atoms with van der Waals surface area (Å²) in [6.07, 6.45) is 2.98. The Morgan fingerprint density at radius 2 is 1.94 bits per heavy atom. The predicted molar refractivity (Wildman–Crippen MR) is 120 cm³/mol. The molecule has 0 radical (unpaired) electrons. The van der Waals surface area contributed by atoms with Gasteiger partial charge in [0.05, 0.1) is 18.8 Å². The van der Waals surface area contributed by atoms with Crippen molar-refractivity contribution in [3.05, 3.63) is 23.3 Å². The van der Waals surface area contributed by atoms with Crippen LogP contribution in [0, 0.1) is 17.3 Å². The maximum Gasteiger partial charge on any atom is 0.458 e. The van der Waals surface area contributed by atoms with E-state index in [1.165, 1.54) is 13.5 Å². The third-order valence-electron chi connectivity index (χ3n) is 8.46.